The SMILES string of the molecule is O=C(NCc1ccc(-n2ccnc2)cc1)c1ccc(Cl)c(S(=O)(=O)N2CCCC2)c1. The minimum absolute atomic E-state index is 0.0246. The number of nitrogens with one attached hydrogen (secondary N) is 1. The molecule has 1 fully saturated rings. The molecule has 4 rings (SSSR count). The van der Waals surface area contributed by atoms with Crippen molar-refractivity contribution in [1.82, 2.24) is 19.2 Å². The molecule has 1 amide bonds. The predicted molar refractivity (Wildman–Crippen MR) is 114 cm³/mol. The fourth-order valence-electron chi connectivity index (χ4n) is 3.39. The van der Waals surface area contributed by atoms with Crippen LogP contribution in [0.3, 0.4) is 0 Å². The Kier molecular flexibility index (Phi) is 5.90. The Morgan fingerprint density at radius 3 is 2.50 bits per heavy atom. The molecular formula is C21H21ClN4O3S. The van der Waals surface area contributed by atoms with E-state index in [1.165, 1.54) is 22.5 Å². The minimum Gasteiger partial charge on any atom is -0.348 e. The highest BCUT2D eigenvalue weighted by atomic mass is 35.5. The van der Waals surface area contributed by atoms with Gasteiger partial charge in [-0.3, -0.25) is 4.79 Å². The number of rotatable bonds is 6. The first kappa shape index (κ1) is 20.6. The van der Waals surface area contributed by atoms with Gasteiger partial charge in [0.1, 0.15) is 4.90 Å². The molecule has 0 radical (unpaired) electrons. The maximum absolute atomic E-state index is 12.8. The molecule has 30 heavy (non-hydrogen) atoms. The molecule has 0 atom stereocenters. The molecule has 0 spiro atoms. The molecule has 0 unspecified atom stereocenters. The van der Waals surface area contributed by atoms with Crippen LogP contribution in [0.1, 0.15) is 28.8 Å². The van der Waals surface area contributed by atoms with E-state index < -0.39 is 10.0 Å². The molecule has 9 heteroatoms. The standard InChI is InChI=1S/C21H21ClN4O3S/c22-19-8-5-17(13-20(19)30(28,29)26-10-1-2-11-26)21(27)24-14-16-3-6-18(7-4-16)25-12-9-23-15-25/h3-9,12-13,15H,1-2,10-11,14H2,(H,24,27). The Bertz CT molecular complexity index is 1140. The topological polar surface area (TPSA) is 84.3 Å². The van der Waals surface area contributed by atoms with Gasteiger partial charge in [0.15, 0.2) is 0 Å². The second kappa shape index (κ2) is 8.59. The molecular weight excluding hydrogens is 424 g/mol. The molecule has 1 aromatic heterocycles. The lowest BCUT2D eigenvalue weighted by molar-refractivity contribution is 0.0950. The lowest BCUT2D eigenvalue weighted by Crippen LogP contribution is -2.29. The number of carbonyl (C=O) groups excluding carboxylic acids is 1. The van der Waals surface area contributed by atoms with Crippen LogP contribution in [0.15, 0.2) is 66.1 Å². The summed E-state index contributed by atoms with van der Waals surface area (Å²) in [6.45, 7) is 1.27. The van der Waals surface area contributed by atoms with Gasteiger partial charge in [-0.1, -0.05) is 23.7 Å². The van der Waals surface area contributed by atoms with Crippen molar-refractivity contribution in [2.45, 2.75) is 24.3 Å². The van der Waals surface area contributed by atoms with Gasteiger partial charge in [-0.05, 0) is 48.7 Å². The average Bonchev–Trinajstić information content (AvgIpc) is 3.47. The van der Waals surface area contributed by atoms with Gasteiger partial charge in [-0.25, -0.2) is 13.4 Å². The zero-order valence-corrected chi connectivity index (χ0v) is 17.7. The minimum atomic E-state index is -3.70. The third-order valence-corrected chi connectivity index (χ3v) is 7.45. The fraction of sp³-hybridized carbons (Fsp3) is 0.238. The molecule has 1 N–H and O–H groups in total. The second-order valence-electron chi connectivity index (χ2n) is 7.08. The van der Waals surface area contributed by atoms with Gasteiger partial charge < -0.3 is 9.88 Å². The third kappa shape index (κ3) is 4.26. The van der Waals surface area contributed by atoms with Crippen molar-refractivity contribution < 1.29 is 13.2 Å². The maximum Gasteiger partial charge on any atom is 0.251 e. The maximum atomic E-state index is 12.8. The van der Waals surface area contributed by atoms with E-state index in [2.05, 4.69) is 10.3 Å². The Labute approximate surface area is 180 Å². The van der Waals surface area contributed by atoms with Crippen LogP contribution in [0.2, 0.25) is 5.02 Å². The van der Waals surface area contributed by atoms with Gasteiger partial charge in [0.2, 0.25) is 10.0 Å². The fourth-order valence-corrected chi connectivity index (χ4v) is 5.41. The molecule has 2 aromatic carbocycles. The van der Waals surface area contributed by atoms with E-state index in [9.17, 15) is 13.2 Å². The van der Waals surface area contributed by atoms with Gasteiger partial charge in [0, 0.05) is 43.3 Å². The number of benzene rings is 2. The van der Waals surface area contributed by atoms with Crippen molar-refractivity contribution in [2.75, 3.05) is 13.1 Å². The van der Waals surface area contributed by atoms with Crippen LogP contribution in [0, 0.1) is 0 Å². The van der Waals surface area contributed by atoms with Crippen LogP contribution in [0.25, 0.3) is 5.69 Å². The van der Waals surface area contributed by atoms with Crippen LogP contribution in [-0.2, 0) is 16.6 Å². The van der Waals surface area contributed by atoms with E-state index >= 15 is 0 Å². The third-order valence-electron chi connectivity index (χ3n) is 5.07. The summed E-state index contributed by atoms with van der Waals surface area (Å²) in [5, 5.41) is 2.95. The van der Waals surface area contributed by atoms with Gasteiger partial charge >= 0.3 is 0 Å². The van der Waals surface area contributed by atoms with Gasteiger partial charge in [-0.2, -0.15) is 4.31 Å². The van der Waals surface area contributed by atoms with Crippen molar-refractivity contribution in [1.29, 1.82) is 0 Å². The number of halogens is 1. The zero-order valence-electron chi connectivity index (χ0n) is 16.2. The smallest absolute Gasteiger partial charge is 0.251 e. The van der Waals surface area contributed by atoms with Gasteiger partial charge in [0.05, 0.1) is 11.3 Å². The van der Waals surface area contributed by atoms with Crippen molar-refractivity contribution in [3.8, 4) is 5.69 Å². The molecule has 1 saturated heterocycles. The van der Waals surface area contributed by atoms with E-state index in [0.717, 1.165) is 24.1 Å². The predicted octanol–water partition coefficient (Wildman–Crippen LogP) is 3.24. The zero-order chi connectivity index (χ0) is 21.1. The normalized spacial score (nSPS) is 14.7. The summed E-state index contributed by atoms with van der Waals surface area (Å²) in [4.78, 5) is 16.6. The van der Waals surface area contributed by atoms with Gasteiger partial charge in [-0.15, -0.1) is 0 Å². The number of hydrogen-bond donors (Lipinski definition) is 1. The monoisotopic (exact) mass is 444 g/mol. The number of nitrogens with zero attached hydrogens (tertiary/aromatic N) is 3. The first-order chi connectivity index (χ1) is 14.4. The quantitative estimate of drug-likeness (QED) is 0.632. The number of hydrogen-bond acceptors (Lipinski definition) is 4. The Hall–Kier alpha value is -2.68. The average molecular weight is 445 g/mol. The summed E-state index contributed by atoms with van der Waals surface area (Å²) in [7, 11) is -3.70. The molecule has 1 aliphatic heterocycles. The Balaban J connectivity index is 1.46. The molecule has 0 saturated carbocycles. The van der Waals surface area contributed by atoms with Gasteiger partial charge in [0.25, 0.3) is 5.91 Å². The lowest BCUT2D eigenvalue weighted by Gasteiger charge is -2.17. The van der Waals surface area contributed by atoms with Crippen molar-refractivity contribution in [2.24, 2.45) is 0 Å². The highest BCUT2D eigenvalue weighted by molar-refractivity contribution is 7.89. The first-order valence-corrected chi connectivity index (χ1v) is 11.4. The summed E-state index contributed by atoms with van der Waals surface area (Å²) in [5.41, 5.74) is 2.15. The molecule has 0 bridgehead atoms. The largest absolute Gasteiger partial charge is 0.348 e. The molecule has 1 aliphatic rings. The van der Waals surface area contributed by atoms with Crippen LogP contribution in [0.4, 0.5) is 0 Å². The first-order valence-electron chi connectivity index (χ1n) is 9.60. The lowest BCUT2D eigenvalue weighted by atomic mass is 10.2. The number of carbonyl (C=O) groups is 1. The number of aromatic nitrogens is 2. The van der Waals surface area contributed by atoms with E-state index in [-0.39, 0.29) is 21.4 Å². The molecule has 3 aromatic rings. The number of sulfonamides is 1. The van der Waals surface area contributed by atoms with Crippen molar-refractivity contribution in [3.63, 3.8) is 0 Å². The molecule has 0 aliphatic carbocycles. The second-order valence-corrected chi connectivity index (χ2v) is 9.39. The van der Waals surface area contributed by atoms with Crippen LogP contribution < -0.4 is 5.32 Å². The van der Waals surface area contributed by atoms with Crippen molar-refractivity contribution >= 4 is 27.5 Å². The molecule has 7 nitrogen and oxygen atoms in total. The van der Waals surface area contributed by atoms with E-state index in [1.807, 2.05) is 35.0 Å². The molecule has 2 heterocycles. The highest BCUT2D eigenvalue weighted by Gasteiger charge is 2.29. The van der Waals surface area contributed by atoms with Crippen molar-refractivity contribution in [3.05, 3.63) is 77.3 Å². The highest BCUT2D eigenvalue weighted by Crippen LogP contribution is 2.28. The summed E-state index contributed by atoms with van der Waals surface area (Å²) >= 11 is 6.15. The van der Waals surface area contributed by atoms with Crippen LogP contribution >= 0.6 is 11.6 Å². The summed E-state index contributed by atoms with van der Waals surface area (Å²) in [5.74, 6) is -0.358. The number of amides is 1. The molecule has 156 valence electrons. The van der Waals surface area contributed by atoms with E-state index in [0.29, 0.717) is 19.6 Å². The summed E-state index contributed by atoms with van der Waals surface area (Å²) < 4.78 is 29.0. The Morgan fingerprint density at radius 1 is 1.10 bits per heavy atom. The van der Waals surface area contributed by atoms with Crippen LogP contribution in [-0.4, -0.2) is 41.3 Å². The van der Waals surface area contributed by atoms with E-state index in [4.69, 9.17) is 11.6 Å². The summed E-state index contributed by atoms with van der Waals surface area (Å²) in [6, 6.07) is 12.1. The number of imidazole rings is 1. The van der Waals surface area contributed by atoms with Crippen LogP contribution in [0.5, 0.6) is 0 Å². The Morgan fingerprint density at radius 2 is 1.83 bits per heavy atom. The summed E-state index contributed by atoms with van der Waals surface area (Å²) in [6.07, 6.45) is 6.93. The van der Waals surface area contributed by atoms with E-state index in [1.54, 1.807) is 12.5 Å².